The van der Waals surface area contributed by atoms with Crippen molar-refractivity contribution in [3.63, 3.8) is 0 Å². The number of hydrogen-bond donors (Lipinski definition) is 2. The molecule has 0 spiro atoms. The van der Waals surface area contributed by atoms with Crippen molar-refractivity contribution in [2.24, 2.45) is 0 Å². The van der Waals surface area contributed by atoms with Gasteiger partial charge in [0.25, 0.3) is 5.91 Å². The fraction of sp³-hybridized carbons (Fsp3) is 0.118. The highest BCUT2D eigenvalue weighted by Gasteiger charge is 2.34. The first-order chi connectivity index (χ1) is 10.8. The van der Waals surface area contributed by atoms with E-state index in [1.54, 1.807) is 19.1 Å². The number of halogens is 3. The van der Waals surface area contributed by atoms with Gasteiger partial charge in [-0.25, -0.2) is 0 Å². The quantitative estimate of drug-likeness (QED) is 0.770. The van der Waals surface area contributed by atoms with Gasteiger partial charge in [0.1, 0.15) is 5.75 Å². The van der Waals surface area contributed by atoms with E-state index in [-0.39, 0.29) is 16.9 Å². The Balaban J connectivity index is 2.19. The molecule has 0 saturated heterocycles. The molecule has 23 heavy (non-hydrogen) atoms. The summed E-state index contributed by atoms with van der Waals surface area (Å²) in [6.07, 6.45) is -4.48. The lowest BCUT2D eigenvalue weighted by atomic mass is 9.95. The van der Waals surface area contributed by atoms with Gasteiger partial charge in [0.05, 0.1) is 11.1 Å². The minimum absolute atomic E-state index is 0.0186. The number of fused-ring (bicyclic) bond motifs is 1. The first kappa shape index (κ1) is 15.1. The predicted octanol–water partition coefficient (Wildman–Crippen LogP) is 4.29. The number of anilines is 1. The largest absolute Gasteiger partial charge is 0.508 e. The van der Waals surface area contributed by atoms with Gasteiger partial charge >= 0.3 is 6.18 Å². The molecule has 0 aliphatic carbocycles. The second kappa shape index (κ2) is 5.15. The number of carbonyl (C=O) groups is 1. The Labute approximate surface area is 130 Å². The van der Waals surface area contributed by atoms with Crippen LogP contribution in [0.1, 0.15) is 23.6 Å². The second-order valence-electron chi connectivity index (χ2n) is 5.26. The lowest BCUT2D eigenvalue weighted by Crippen LogP contribution is -2.05. The summed E-state index contributed by atoms with van der Waals surface area (Å²) in [5, 5.41) is 12.1. The molecule has 0 fully saturated rings. The average Bonchev–Trinajstić information content (AvgIpc) is 2.80. The van der Waals surface area contributed by atoms with E-state index in [1.807, 2.05) is 0 Å². The van der Waals surface area contributed by atoms with Crippen LogP contribution in [0.3, 0.4) is 0 Å². The molecule has 1 aliphatic rings. The number of alkyl halides is 3. The van der Waals surface area contributed by atoms with Crippen molar-refractivity contribution in [2.75, 3.05) is 5.32 Å². The summed E-state index contributed by atoms with van der Waals surface area (Å²) in [7, 11) is 0. The highest BCUT2D eigenvalue weighted by molar-refractivity contribution is 6.36. The van der Waals surface area contributed by atoms with Gasteiger partial charge in [-0.15, -0.1) is 0 Å². The van der Waals surface area contributed by atoms with Crippen molar-refractivity contribution in [3.8, 4) is 5.75 Å². The lowest BCUT2D eigenvalue weighted by Gasteiger charge is -2.10. The van der Waals surface area contributed by atoms with E-state index < -0.39 is 17.6 Å². The van der Waals surface area contributed by atoms with E-state index in [1.165, 1.54) is 18.2 Å². The lowest BCUT2D eigenvalue weighted by molar-refractivity contribution is -0.137. The zero-order chi connectivity index (χ0) is 16.8. The van der Waals surface area contributed by atoms with Crippen LogP contribution in [0.15, 0.2) is 42.5 Å². The van der Waals surface area contributed by atoms with Gasteiger partial charge in [0.15, 0.2) is 0 Å². The Hall–Kier alpha value is -2.76. The third-order valence-corrected chi connectivity index (χ3v) is 3.75. The minimum atomic E-state index is -4.48. The first-order valence-electron chi connectivity index (χ1n) is 6.80. The van der Waals surface area contributed by atoms with Crippen LogP contribution in [0.2, 0.25) is 0 Å². The molecule has 0 aromatic heterocycles. The van der Waals surface area contributed by atoms with E-state index in [0.29, 0.717) is 16.8 Å². The zero-order valence-corrected chi connectivity index (χ0v) is 12.0. The first-order valence-corrected chi connectivity index (χ1v) is 6.80. The SMILES string of the molecule is CC(=C1C(=O)Nc2ccc(C(F)(F)F)cc21)c1cccc(O)c1. The number of amides is 1. The summed E-state index contributed by atoms with van der Waals surface area (Å²) in [4.78, 5) is 12.2. The molecular formula is C17H12F3NO2. The smallest absolute Gasteiger partial charge is 0.416 e. The van der Waals surface area contributed by atoms with Crippen LogP contribution in [0, 0.1) is 0 Å². The number of carbonyl (C=O) groups excluding carboxylic acids is 1. The van der Waals surface area contributed by atoms with Crippen LogP contribution in [-0.2, 0) is 11.0 Å². The highest BCUT2D eigenvalue weighted by Crippen LogP contribution is 2.40. The number of hydrogen-bond acceptors (Lipinski definition) is 2. The number of benzene rings is 2. The molecule has 0 saturated carbocycles. The number of nitrogens with one attached hydrogen (secondary N) is 1. The van der Waals surface area contributed by atoms with Crippen molar-refractivity contribution in [2.45, 2.75) is 13.1 Å². The molecule has 2 aromatic rings. The van der Waals surface area contributed by atoms with Crippen LogP contribution in [0.5, 0.6) is 5.75 Å². The zero-order valence-electron chi connectivity index (χ0n) is 12.0. The maximum absolute atomic E-state index is 12.9. The molecule has 6 heteroatoms. The topological polar surface area (TPSA) is 49.3 Å². The van der Waals surface area contributed by atoms with Crippen molar-refractivity contribution >= 4 is 22.7 Å². The van der Waals surface area contributed by atoms with Crippen LogP contribution < -0.4 is 5.32 Å². The normalized spacial score (nSPS) is 16.1. The molecule has 3 nitrogen and oxygen atoms in total. The monoisotopic (exact) mass is 319 g/mol. The van der Waals surface area contributed by atoms with E-state index in [0.717, 1.165) is 12.1 Å². The van der Waals surface area contributed by atoms with E-state index >= 15 is 0 Å². The highest BCUT2D eigenvalue weighted by atomic mass is 19.4. The summed E-state index contributed by atoms with van der Waals surface area (Å²) in [5.74, 6) is -0.440. The van der Waals surface area contributed by atoms with Gasteiger partial charge in [-0.05, 0) is 48.4 Å². The molecule has 2 N–H and O–H groups in total. The molecule has 0 unspecified atom stereocenters. The number of aromatic hydroxyl groups is 1. The number of allylic oxidation sites excluding steroid dienone is 1. The molecule has 0 atom stereocenters. The van der Waals surface area contributed by atoms with Gasteiger partial charge in [-0.2, -0.15) is 13.2 Å². The summed E-state index contributed by atoms with van der Waals surface area (Å²) < 4.78 is 38.7. The number of phenolic OH excluding ortho intramolecular Hbond substituents is 1. The predicted molar refractivity (Wildman–Crippen MR) is 80.7 cm³/mol. The van der Waals surface area contributed by atoms with Gasteiger partial charge in [-0.1, -0.05) is 12.1 Å². The Morgan fingerprint density at radius 1 is 1.13 bits per heavy atom. The summed E-state index contributed by atoms with van der Waals surface area (Å²) in [6, 6.07) is 9.38. The molecule has 1 heterocycles. The number of rotatable bonds is 1. The van der Waals surface area contributed by atoms with Gasteiger partial charge < -0.3 is 10.4 Å². The van der Waals surface area contributed by atoms with Gasteiger partial charge in [0, 0.05) is 11.3 Å². The second-order valence-corrected chi connectivity index (χ2v) is 5.26. The van der Waals surface area contributed by atoms with Crippen LogP contribution in [0.4, 0.5) is 18.9 Å². The van der Waals surface area contributed by atoms with Gasteiger partial charge in [-0.3, -0.25) is 4.79 Å². The third-order valence-electron chi connectivity index (χ3n) is 3.75. The van der Waals surface area contributed by atoms with Crippen LogP contribution >= 0.6 is 0 Å². The third kappa shape index (κ3) is 2.67. The van der Waals surface area contributed by atoms with Gasteiger partial charge in [0.2, 0.25) is 0 Å². The van der Waals surface area contributed by atoms with Crippen molar-refractivity contribution in [1.82, 2.24) is 0 Å². The Morgan fingerprint density at radius 3 is 2.52 bits per heavy atom. The fourth-order valence-electron chi connectivity index (χ4n) is 2.60. The maximum atomic E-state index is 12.9. The molecule has 118 valence electrons. The standard InChI is InChI=1S/C17H12F3NO2/c1-9(10-3-2-4-12(22)7-10)15-13-8-11(17(18,19)20)5-6-14(13)21-16(15)23/h2-8,22H,1H3,(H,21,23). The number of phenols is 1. The molecule has 0 radical (unpaired) electrons. The average molecular weight is 319 g/mol. The summed E-state index contributed by atoms with van der Waals surface area (Å²) >= 11 is 0. The fourth-order valence-corrected chi connectivity index (χ4v) is 2.60. The van der Waals surface area contributed by atoms with E-state index in [2.05, 4.69) is 5.32 Å². The summed E-state index contributed by atoms with van der Waals surface area (Å²) in [5.41, 5.74) is 0.991. The molecule has 3 rings (SSSR count). The van der Waals surface area contributed by atoms with E-state index in [9.17, 15) is 23.1 Å². The molecule has 1 aliphatic heterocycles. The van der Waals surface area contributed by atoms with Crippen molar-refractivity contribution in [3.05, 3.63) is 59.2 Å². The summed E-state index contributed by atoms with van der Waals surface area (Å²) in [6.45, 7) is 1.64. The molecule has 1 amide bonds. The van der Waals surface area contributed by atoms with Crippen LogP contribution in [-0.4, -0.2) is 11.0 Å². The van der Waals surface area contributed by atoms with E-state index in [4.69, 9.17) is 0 Å². The Kier molecular flexibility index (Phi) is 3.39. The Morgan fingerprint density at radius 2 is 1.87 bits per heavy atom. The van der Waals surface area contributed by atoms with Crippen LogP contribution in [0.25, 0.3) is 11.1 Å². The van der Waals surface area contributed by atoms with Crippen molar-refractivity contribution in [1.29, 1.82) is 0 Å². The molecular weight excluding hydrogens is 307 g/mol. The molecule has 2 aromatic carbocycles. The minimum Gasteiger partial charge on any atom is -0.508 e. The molecule has 0 bridgehead atoms. The maximum Gasteiger partial charge on any atom is 0.416 e. The Bertz CT molecular complexity index is 838. The van der Waals surface area contributed by atoms with Crippen molar-refractivity contribution < 1.29 is 23.1 Å².